The van der Waals surface area contributed by atoms with Gasteiger partial charge in [-0.25, -0.2) is 4.39 Å². The van der Waals surface area contributed by atoms with Crippen LogP contribution in [0.15, 0.2) is 72.4 Å². The van der Waals surface area contributed by atoms with Gasteiger partial charge >= 0.3 is 0 Å². The Morgan fingerprint density at radius 1 is 1.12 bits per heavy atom. The lowest BCUT2D eigenvalue weighted by atomic mass is 9.94. The van der Waals surface area contributed by atoms with Crippen LogP contribution in [0, 0.1) is 5.82 Å². The fraction of sp³-hybridized carbons (Fsp3) is 0.160. The number of carbonyl (C=O) groups is 2. The van der Waals surface area contributed by atoms with Crippen molar-refractivity contribution < 1.29 is 23.8 Å². The molecule has 2 aromatic carbocycles. The summed E-state index contributed by atoms with van der Waals surface area (Å²) < 4.78 is 20.3. The van der Waals surface area contributed by atoms with Crippen LogP contribution in [0.3, 0.4) is 0 Å². The van der Waals surface area contributed by atoms with Gasteiger partial charge in [0, 0.05) is 23.7 Å². The summed E-state index contributed by atoms with van der Waals surface area (Å²) in [7, 11) is 0. The molecule has 1 atom stereocenters. The van der Waals surface area contributed by atoms with Crippen molar-refractivity contribution in [2.45, 2.75) is 19.0 Å². The molecule has 2 aliphatic rings. The van der Waals surface area contributed by atoms with Crippen LogP contribution in [0.2, 0.25) is 0 Å². The number of aromatic nitrogens is 1. The number of aliphatic hydroxyl groups is 1. The Bertz CT molecular complexity index is 1260. The first kappa shape index (κ1) is 19.9. The molecule has 3 aromatic rings. The normalized spacial score (nSPS) is 19.2. The number of fused-ring (bicyclic) bond motifs is 1. The number of likely N-dealkylation sites (tertiary alicyclic amines) is 1. The summed E-state index contributed by atoms with van der Waals surface area (Å²) in [5.41, 5.74) is 1.82. The predicted octanol–water partition coefficient (Wildman–Crippen LogP) is 3.78. The quantitative estimate of drug-likeness (QED) is 0.387. The van der Waals surface area contributed by atoms with Gasteiger partial charge in [0.15, 0.2) is 0 Å². The lowest BCUT2D eigenvalue weighted by Crippen LogP contribution is -2.30. The van der Waals surface area contributed by atoms with Gasteiger partial charge < -0.3 is 14.7 Å². The third-order valence-corrected chi connectivity index (χ3v) is 5.76. The van der Waals surface area contributed by atoms with Gasteiger partial charge in [-0.3, -0.25) is 14.6 Å². The first-order chi connectivity index (χ1) is 15.5. The molecule has 1 fully saturated rings. The van der Waals surface area contributed by atoms with E-state index in [1.807, 2.05) is 0 Å². The predicted molar refractivity (Wildman–Crippen MR) is 114 cm³/mol. The third-order valence-electron chi connectivity index (χ3n) is 5.76. The summed E-state index contributed by atoms with van der Waals surface area (Å²) in [6, 6.07) is 15.2. The summed E-state index contributed by atoms with van der Waals surface area (Å²) in [5, 5.41) is 11.1. The highest BCUT2D eigenvalue weighted by atomic mass is 19.1. The largest absolute Gasteiger partial charge is 0.507 e. The number of halogens is 1. The van der Waals surface area contributed by atoms with Gasteiger partial charge in [0.25, 0.3) is 11.7 Å². The van der Waals surface area contributed by atoms with Crippen molar-refractivity contribution >= 4 is 17.4 Å². The van der Waals surface area contributed by atoms with Crippen LogP contribution in [0.4, 0.5) is 4.39 Å². The zero-order valence-electron chi connectivity index (χ0n) is 17.0. The molecule has 32 heavy (non-hydrogen) atoms. The van der Waals surface area contributed by atoms with Crippen molar-refractivity contribution in [1.29, 1.82) is 0 Å². The van der Waals surface area contributed by atoms with Crippen molar-refractivity contribution in [2.24, 2.45) is 0 Å². The van der Waals surface area contributed by atoms with Crippen LogP contribution >= 0.6 is 0 Å². The second-order valence-corrected chi connectivity index (χ2v) is 7.69. The number of ketones is 1. The Hall–Kier alpha value is -4.00. The molecule has 0 radical (unpaired) electrons. The van der Waals surface area contributed by atoms with Crippen LogP contribution in [-0.2, 0) is 22.6 Å². The van der Waals surface area contributed by atoms with Gasteiger partial charge in [0.05, 0.1) is 30.5 Å². The number of carbonyl (C=O) groups excluding carboxylic acids is 2. The number of nitrogens with zero attached hydrogens (tertiary/aromatic N) is 2. The number of benzene rings is 2. The highest BCUT2D eigenvalue weighted by molar-refractivity contribution is 6.46. The zero-order valence-corrected chi connectivity index (χ0v) is 17.0. The van der Waals surface area contributed by atoms with E-state index in [2.05, 4.69) is 4.98 Å². The molecule has 0 aliphatic carbocycles. The molecule has 0 spiro atoms. The highest BCUT2D eigenvalue weighted by Gasteiger charge is 2.47. The molecule has 1 amide bonds. The summed E-state index contributed by atoms with van der Waals surface area (Å²) >= 11 is 0. The van der Waals surface area contributed by atoms with E-state index in [1.165, 1.54) is 23.1 Å². The lowest BCUT2D eigenvalue weighted by Gasteiger charge is -2.25. The minimum Gasteiger partial charge on any atom is -0.507 e. The zero-order chi connectivity index (χ0) is 22.2. The van der Waals surface area contributed by atoms with E-state index in [4.69, 9.17) is 4.74 Å². The number of rotatable bonds is 4. The first-order valence-electron chi connectivity index (χ1n) is 10.2. The number of aliphatic hydroxyl groups excluding tert-OH is 1. The van der Waals surface area contributed by atoms with Gasteiger partial charge in [-0.1, -0.05) is 24.3 Å². The van der Waals surface area contributed by atoms with E-state index in [0.717, 1.165) is 11.3 Å². The summed E-state index contributed by atoms with van der Waals surface area (Å²) in [6.45, 7) is 0.544. The van der Waals surface area contributed by atoms with E-state index in [0.29, 0.717) is 24.3 Å². The average Bonchev–Trinajstić information content (AvgIpc) is 3.38. The fourth-order valence-electron chi connectivity index (χ4n) is 4.22. The summed E-state index contributed by atoms with van der Waals surface area (Å²) in [5.74, 6) is -1.85. The Kier molecular flexibility index (Phi) is 4.93. The second-order valence-electron chi connectivity index (χ2n) is 7.69. The smallest absolute Gasteiger partial charge is 0.296 e. The molecule has 1 unspecified atom stereocenters. The maximum absolute atomic E-state index is 14.8. The molecule has 1 saturated heterocycles. The molecule has 1 aromatic heterocycles. The third kappa shape index (κ3) is 3.32. The lowest BCUT2D eigenvalue weighted by molar-refractivity contribution is -0.140. The number of Topliss-reactive ketones (excluding diaryl/α,β-unsaturated/α-hetero) is 1. The fourth-order valence-corrected chi connectivity index (χ4v) is 4.22. The van der Waals surface area contributed by atoms with Crippen molar-refractivity contribution in [3.8, 4) is 5.75 Å². The van der Waals surface area contributed by atoms with E-state index >= 15 is 0 Å². The van der Waals surface area contributed by atoms with E-state index in [9.17, 15) is 19.1 Å². The van der Waals surface area contributed by atoms with Crippen LogP contribution in [-0.4, -0.2) is 33.3 Å². The first-order valence-corrected chi connectivity index (χ1v) is 10.2. The highest BCUT2D eigenvalue weighted by Crippen LogP contribution is 2.41. The SMILES string of the molecule is O=C1C(=O)N(Cc2ccccn2)C(c2ccccc2F)/C1=C(\O)c1ccc2c(c1)CCO2. The summed E-state index contributed by atoms with van der Waals surface area (Å²) in [6.07, 6.45) is 2.26. The van der Waals surface area contributed by atoms with Crippen molar-refractivity contribution in [3.05, 3.63) is 101 Å². The second kappa shape index (κ2) is 7.92. The topological polar surface area (TPSA) is 79.7 Å². The Labute approximate surface area is 183 Å². The average molecular weight is 430 g/mol. The number of pyridine rings is 1. The molecule has 160 valence electrons. The van der Waals surface area contributed by atoms with Crippen molar-refractivity contribution in [1.82, 2.24) is 9.88 Å². The number of hydrogen-bond donors (Lipinski definition) is 1. The minimum absolute atomic E-state index is 0.000772. The van der Waals surface area contributed by atoms with Crippen molar-refractivity contribution in [2.75, 3.05) is 6.61 Å². The van der Waals surface area contributed by atoms with Crippen molar-refractivity contribution in [3.63, 3.8) is 0 Å². The Morgan fingerprint density at radius 3 is 2.72 bits per heavy atom. The molecular weight excluding hydrogens is 411 g/mol. The number of amides is 1. The monoisotopic (exact) mass is 430 g/mol. The van der Waals surface area contributed by atoms with Crippen LogP contribution in [0.1, 0.15) is 28.4 Å². The van der Waals surface area contributed by atoms with Gasteiger partial charge in [0.1, 0.15) is 17.3 Å². The molecule has 5 rings (SSSR count). The maximum Gasteiger partial charge on any atom is 0.296 e. The van der Waals surface area contributed by atoms with E-state index in [-0.39, 0.29) is 23.4 Å². The van der Waals surface area contributed by atoms with Gasteiger partial charge in [-0.2, -0.15) is 0 Å². The molecule has 3 heterocycles. The van der Waals surface area contributed by atoms with E-state index in [1.54, 1.807) is 48.7 Å². The van der Waals surface area contributed by atoms with E-state index < -0.39 is 23.5 Å². The molecule has 6 nitrogen and oxygen atoms in total. The van der Waals surface area contributed by atoms with Crippen LogP contribution < -0.4 is 4.74 Å². The molecule has 7 heteroatoms. The molecule has 0 saturated carbocycles. The molecular formula is C25H19FN2O4. The number of hydrogen-bond acceptors (Lipinski definition) is 5. The Balaban J connectivity index is 1.66. The molecule has 2 aliphatic heterocycles. The van der Waals surface area contributed by atoms with Gasteiger partial charge in [-0.15, -0.1) is 0 Å². The Morgan fingerprint density at radius 2 is 1.94 bits per heavy atom. The van der Waals surface area contributed by atoms with Crippen LogP contribution in [0.25, 0.3) is 5.76 Å². The van der Waals surface area contributed by atoms with Gasteiger partial charge in [0.2, 0.25) is 0 Å². The standard InChI is InChI=1S/C25H19FN2O4/c26-19-7-2-1-6-18(19)22-21(23(29)16-8-9-20-15(13-16)10-12-32-20)24(30)25(31)28(22)14-17-5-3-4-11-27-17/h1-9,11,13,22,29H,10,12,14H2/b23-21+. The maximum atomic E-state index is 14.8. The molecule has 1 N–H and O–H groups in total. The van der Waals surface area contributed by atoms with Crippen LogP contribution in [0.5, 0.6) is 5.75 Å². The summed E-state index contributed by atoms with van der Waals surface area (Å²) in [4.78, 5) is 31.6. The number of ether oxygens (including phenoxy) is 1. The van der Waals surface area contributed by atoms with Gasteiger partial charge in [-0.05, 0) is 42.0 Å². The minimum atomic E-state index is -1.08. The molecule has 0 bridgehead atoms.